The van der Waals surface area contributed by atoms with Gasteiger partial charge in [-0.05, 0) is 18.6 Å². The maximum atomic E-state index is 12.1. The van der Waals surface area contributed by atoms with Crippen molar-refractivity contribution >= 4 is 35.0 Å². The molecule has 0 saturated carbocycles. The molecular weight excluding hydrogens is 296 g/mol. The number of pyridine rings is 1. The molecular formula is C13H13ClN4OS. The molecule has 20 heavy (non-hydrogen) atoms. The summed E-state index contributed by atoms with van der Waals surface area (Å²) in [6.45, 7) is 2.07. The minimum atomic E-state index is -0.372. The van der Waals surface area contributed by atoms with Gasteiger partial charge in [0, 0.05) is 11.9 Å². The van der Waals surface area contributed by atoms with Crippen molar-refractivity contribution < 1.29 is 4.79 Å². The van der Waals surface area contributed by atoms with Gasteiger partial charge in [-0.15, -0.1) is 0 Å². The lowest BCUT2D eigenvalue weighted by atomic mass is 10.3. The van der Waals surface area contributed by atoms with E-state index >= 15 is 0 Å². The maximum Gasteiger partial charge on any atom is 0.276 e. The number of carbonyl (C=O) groups excluding carboxylic acids is 1. The van der Waals surface area contributed by atoms with E-state index < -0.39 is 0 Å². The molecule has 2 aromatic rings. The van der Waals surface area contributed by atoms with Gasteiger partial charge in [-0.25, -0.2) is 9.97 Å². The zero-order valence-electron chi connectivity index (χ0n) is 10.8. The highest BCUT2D eigenvalue weighted by Gasteiger charge is 2.14. The van der Waals surface area contributed by atoms with Gasteiger partial charge in [-0.1, -0.05) is 30.3 Å². The SMILES string of the molecule is CCCSc1ncc(Cl)c(C(=O)Nc2cccnc2)n1. The van der Waals surface area contributed by atoms with Gasteiger partial charge in [0.1, 0.15) is 0 Å². The average Bonchev–Trinajstić information content (AvgIpc) is 2.47. The second-order valence-electron chi connectivity index (χ2n) is 3.89. The fraction of sp³-hybridized carbons (Fsp3) is 0.231. The molecule has 2 aromatic heterocycles. The Balaban J connectivity index is 2.16. The van der Waals surface area contributed by atoms with E-state index in [1.807, 2.05) is 0 Å². The van der Waals surface area contributed by atoms with Crippen molar-refractivity contribution in [2.24, 2.45) is 0 Å². The van der Waals surface area contributed by atoms with Crippen LogP contribution in [0.25, 0.3) is 0 Å². The second-order valence-corrected chi connectivity index (χ2v) is 5.36. The third-order valence-electron chi connectivity index (χ3n) is 2.29. The summed E-state index contributed by atoms with van der Waals surface area (Å²) in [6.07, 6.45) is 5.64. The molecule has 0 aliphatic heterocycles. The highest BCUT2D eigenvalue weighted by molar-refractivity contribution is 7.99. The summed E-state index contributed by atoms with van der Waals surface area (Å²) >= 11 is 7.47. The number of aromatic nitrogens is 3. The molecule has 0 aromatic carbocycles. The lowest BCUT2D eigenvalue weighted by Crippen LogP contribution is -2.15. The number of hydrogen-bond donors (Lipinski definition) is 1. The lowest BCUT2D eigenvalue weighted by Gasteiger charge is -2.06. The number of anilines is 1. The molecule has 0 radical (unpaired) electrons. The molecule has 2 rings (SSSR count). The number of nitrogens with one attached hydrogen (secondary N) is 1. The van der Waals surface area contributed by atoms with Gasteiger partial charge in [0.05, 0.1) is 23.1 Å². The molecule has 5 nitrogen and oxygen atoms in total. The molecule has 0 fully saturated rings. The maximum absolute atomic E-state index is 12.1. The average molecular weight is 309 g/mol. The van der Waals surface area contributed by atoms with Crippen molar-refractivity contribution in [3.8, 4) is 0 Å². The monoisotopic (exact) mass is 308 g/mol. The molecule has 1 N–H and O–H groups in total. The van der Waals surface area contributed by atoms with Crippen molar-refractivity contribution in [3.05, 3.63) is 41.4 Å². The topological polar surface area (TPSA) is 67.8 Å². The minimum Gasteiger partial charge on any atom is -0.319 e. The standard InChI is InChI=1S/C13H13ClN4OS/c1-2-6-20-13-16-8-10(14)11(18-13)12(19)17-9-4-3-5-15-7-9/h3-5,7-8H,2,6H2,1H3,(H,17,19). The van der Waals surface area contributed by atoms with Crippen LogP contribution in [0, 0.1) is 0 Å². The number of hydrogen-bond acceptors (Lipinski definition) is 5. The predicted octanol–water partition coefficient (Wildman–Crippen LogP) is 3.28. The van der Waals surface area contributed by atoms with Crippen LogP contribution in [0.5, 0.6) is 0 Å². The van der Waals surface area contributed by atoms with Crippen LogP contribution in [0.1, 0.15) is 23.8 Å². The number of rotatable bonds is 5. The van der Waals surface area contributed by atoms with Gasteiger partial charge < -0.3 is 5.32 Å². The highest BCUT2D eigenvalue weighted by atomic mass is 35.5. The lowest BCUT2D eigenvalue weighted by molar-refractivity contribution is 0.102. The van der Waals surface area contributed by atoms with Gasteiger partial charge >= 0.3 is 0 Å². The van der Waals surface area contributed by atoms with E-state index in [4.69, 9.17) is 11.6 Å². The summed E-state index contributed by atoms with van der Waals surface area (Å²) in [6, 6.07) is 3.48. The van der Waals surface area contributed by atoms with Crippen molar-refractivity contribution in [1.82, 2.24) is 15.0 Å². The smallest absolute Gasteiger partial charge is 0.276 e. The van der Waals surface area contributed by atoms with Crippen LogP contribution in [0.4, 0.5) is 5.69 Å². The van der Waals surface area contributed by atoms with Crippen LogP contribution in [0.3, 0.4) is 0 Å². The summed E-state index contributed by atoms with van der Waals surface area (Å²) in [4.78, 5) is 24.4. The Morgan fingerprint density at radius 1 is 1.45 bits per heavy atom. The second kappa shape index (κ2) is 7.21. The van der Waals surface area contributed by atoms with Gasteiger partial charge in [-0.3, -0.25) is 9.78 Å². The van der Waals surface area contributed by atoms with E-state index in [2.05, 4.69) is 27.2 Å². The summed E-state index contributed by atoms with van der Waals surface area (Å²) < 4.78 is 0. The zero-order valence-corrected chi connectivity index (χ0v) is 12.4. The van der Waals surface area contributed by atoms with Gasteiger partial charge in [-0.2, -0.15) is 0 Å². The molecule has 0 saturated heterocycles. The van der Waals surface area contributed by atoms with E-state index in [1.54, 1.807) is 24.5 Å². The van der Waals surface area contributed by atoms with Crippen LogP contribution < -0.4 is 5.32 Å². The summed E-state index contributed by atoms with van der Waals surface area (Å²) in [5, 5.41) is 3.47. The van der Waals surface area contributed by atoms with Crippen molar-refractivity contribution in [1.29, 1.82) is 0 Å². The fourth-order valence-corrected chi connectivity index (χ4v) is 2.25. The number of carbonyl (C=O) groups is 1. The largest absolute Gasteiger partial charge is 0.319 e. The van der Waals surface area contributed by atoms with Crippen molar-refractivity contribution in [3.63, 3.8) is 0 Å². The van der Waals surface area contributed by atoms with Crippen LogP contribution in [0.2, 0.25) is 5.02 Å². The minimum absolute atomic E-state index is 0.170. The molecule has 0 spiro atoms. The zero-order chi connectivity index (χ0) is 14.4. The highest BCUT2D eigenvalue weighted by Crippen LogP contribution is 2.19. The van der Waals surface area contributed by atoms with Crippen LogP contribution in [-0.2, 0) is 0 Å². The quantitative estimate of drug-likeness (QED) is 0.678. The third kappa shape index (κ3) is 3.91. The van der Waals surface area contributed by atoms with E-state index in [-0.39, 0.29) is 16.6 Å². The van der Waals surface area contributed by atoms with Gasteiger partial charge in [0.25, 0.3) is 5.91 Å². The van der Waals surface area contributed by atoms with Crippen molar-refractivity contribution in [2.75, 3.05) is 11.1 Å². The first-order valence-electron chi connectivity index (χ1n) is 6.07. The summed E-state index contributed by atoms with van der Waals surface area (Å²) in [7, 11) is 0. The Hall–Kier alpha value is -1.66. The Kier molecular flexibility index (Phi) is 5.31. The molecule has 1 amide bonds. The molecule has 2 heterocycles. The molecule has 0 aliphatic rings. The molecule has 0 bridgehead atoms. The normalized spacial score (nSPS) is 10.3. The van der Waals surface area contributed by atoms with Gasteiger partial charge in [0.15, 0.2) is 10.9 Å². The van der Waals surface area contributed by atoms with Crippen molar-refractivity contribution in [2.45, 2.75) is 18.5 Å². The molecule has 0 unspecified atom stereocenters. The van der Waals surface area contributed by atoms with E-state index in [0.29, 0.717) is 10.8 Å². The Labute approximate surface area is 126 Å². The Morgan fingerprint density at radius 2 is 2.30 bits per heavy atom. The summed E-state index contributed by atoms with van der Waals surface area (Å²) in [5.41, 5.74) is 0.763. The fourth-order valence-electron chi connectivity index (χ4n) is 1.40. The molecule has 0 atom stereocenters. The first kappa shape index (κ1) is 14.7. The molecule has 7 heteroatoms. The number of thioether (sulfide) groups is 1. The Morgan fingerprint density at radius 3 is 3.00 bits per heavy atom. The summed E-state index contributed by atoms with van der Waals surface area (Å²) in [5.74, 6) is 0.523. The first-order chi connectivity index (χ1) is 9.70. The Bertz CT molecular complexity index is 594. The van der Waals surface area contributed by atoms with Gasteiger partial charge in [0.2, 0.25) is 0 Å². The van der Waals surface area contributed by atoms with Crippen LogP contribution in [-0.4, -0.2) is 26.6 Å². The van der Waals surface area contributed by atoms with Crippen LogP contribution in [0.15, 0.2) is 35.9 Å². The number of amides is 1. The number of nitrogens with zero attached hydrogens (tertiary/aromatic N) is 3. The predicted molar refractivity (Wildman–Crippen MR) is 80.2 cm³/mol. The van der Waals surface area contributed by atoms with E-state index in [1.165, 1.54) is 18.0 Å². The van der Waals surface area contributed by atoms with Crippen LogP contribution >= 0.6 is 23.4 Å². The number of halogens is 1. The molecule has 0 aliphatic carbocycles. The molecule has 104 valence electrons. The third-order valence-corrected chi connectivity index (χ3v) is 3.64. The van der Waals surface area contributed by atoms with E-state index in [0.717, 1.165) is 12.2 Å². The first-order valence-corrected chi connectivity index (χ1v) is 7.43. The van der Waals surface area contributed by atoms with E-state index in [9.17, 15) is 4.79 Å².